The van der Waals surface area contributed by atoms with Crippen LogP contribution in [0.5, 0.6) is 0 Å². The van der Waals surface area contributed by atoms with Crippen molar-refractivity contribution in [2.45, 2.75) is 13.0 Å². The molecule has 0 aliphatic carbocycles. The number of thiophene rings is 1. The van der Waals surface area contributed by atoms with Gasteiger partial charge >= 0.3 is 0 Å². The minimum Gasteiger partial charge on any atom is -0.320 e. The van der Waals surface area contributed by atoms with Crippen molar-refractivity contribution in [3.63, 3.8) is 0 Å². The van der Waals surface area contributed by atoms with Crippen molar-refractivity contribution in [1.82, 2.24) is 0 Å². The number of halogens is 2. The van der Waals surface area contributed by atoms with E-state index in [0.29, 0.717) is 0 Å². The SMILES string of the molecule is Cc1sc(C(N)c2ccc(F)cc2)cc1Br. The van der Waals surface area contributed by atoms with Gasteiger partial charge < -0.3 is 5.73 Å². The third-order valence-corrected chi connectivity index (χ3v) is 4.63. The Morgan fingerprint density at radius 2 is 1.94 bits per heavy atom. The third kappa shape index (κ3) is 2.34. The van der Waals surface area contributed by atoms with E-state index in [4.69, 9.17) is 5.73 Å². The molecular formula is C12H11BrFNS. The fourth-order valence-electron chi connectivity index (χ4n) is 1.47. The second-order valence-corrected chi connectivity index (χ2v) is 5.72. The summed E-state index contributed by atoms with van der Waals surface area (Å²) in [5.74, 6) is -0.237. The number of aryl methyl sites for hydroxylation is 1. The zero-order valence-electron chi connectivity index (χ0n) is 8.71. The number of hydrogen-bond donors (Lipinski definition) is 1. The molecule has 0 saturated carbocycles. The van der Waals surface area contributed by atoms with Gasteiger partial charge in [0.1, 0.15) is 5.82 Å². The van der Waals surface area contributed by atoms with Crippen molar-refractivity contribution in [3.8, 4) is 0 Å². The first-order chi connectivity index (χ1) is 7.58. The Labute approximate surface area is 106 Å². The van der Waals surface area contributed by atoms with Crippen LogP contribution >= 0.6 is 27.3 Å². The minimum absolute atomic E-state index is 0.185. The van der Waals surface area contributed by atoms with Gasteiger partial charge in [-0.2, -0.15) is 0 Å². The van der Waals surface area contributed by atoms with E-state index in [1.54, 1.807) is 23.5 Å². The van der Waals surface area contributed by atoms with E-state index in [1.165, 1.54) is 17.0 Å². The molecule has 0 amide bonds. The van der Waals surface area contributed by atoms with Crippen molar-refractivity contribution < 1.29 is 4.39 Å². The third-order valence-electron chi connectivity index (χ3n) is 2.41. The zero-order chi connectivity index (χ0) is 11.7. The summed E-state index contributed by atoms with van der Waals surface area (Å²) < 4.78 is 13.8. The van der Waals surface area contributed by atoms with Gasteiger partial charge in [0, 0.05) is 14.2 Å². The summed E-state index contributed by atoms with van der Waals surface area (Å²) in [5, 5.41) is 0. The lowest BCUT2D eigenvalue weighted by Crippen LogP contribution is -2.09. The highest BCUT2D eigenvalue weighted by Gasteiger charge is 2.12. The standard InChI is InChI=1S/C12H11BrFNS/c1-7-10(13)6-11(16-7)12(15)8-2-4-9(14)5-3-8/h2-6,12H,15H2,1H3. The highest BCUT2D eigenvalue weighted by molar-refractivity contribution is 9.10. The molecule has 0 radical (unpaired) electrons. The Kier molecular flexibility index (Phi) is 3.42. The fraction of sp³-hybridized carbons (Fsp3) is 0.167. The van der Waals surface area contributed by atoms with Crippen LogP contribution < -0.4 is 5.73 Å². The molecular weight excluding hydrogens is 289 g/mol. The van der Waals surface area contributed by atoms with E-state index in [0.717, 1.165) is 14.9 Å². The monoisotopic (exact) mass is 299 g/mol. The summed E-state index contributed by atoms with van der Waals surface area (Å²) in [5.41, 5.74) is 7.04. The maximum absolute atomic E-state index is 12.8. The predicted octanol–water partition coefficient (Wildman–Crippen LogP) is 4.01. The lowest BCUT2D eigenvalue weighted by atomic mass is 10.1. The number of nitrogens with two attached hydrogens (primary N) is 1. The van der Waals surface area contributed by atoms with Gasteiger partial charge in [0.15, 0.2) is 0 Å². The van der Waals surface area contributed by atoms with Crippen LogP contribution in [0.25, 0.3) is 0 Å². The molecule has 1 nitrogen and oxygen atoms in total. The molecule has 2 rings (SSSR count). The predicted molar refractivity (Wildman–Crippen MR) is 69.2 cm³/mol. The Hall–Kier alpha value is -0.710. The molecule has 1 unspecified atom stereocenters. The van der Waals surface area contributed by atoms with E-state index >= 15 is 0 Å². The van der Waals surface area contributed by atoms with Crippen LogP contribution in [0.4, 0.5) is 4.39 Å². The van der Waals surface area contributed by atoms with Crippen LogP contribution in [-0.4, -0.2) is 0 Å². The summed E-state index contributed by atoms with van der Waals surface area (Å²) in [6.07, 6.45) is 0. The number of benzene rings is 1. The average molecular weight is 300 g/mol. The summed E-state index contributed by atoms with van der Waals surface area (Å²) in [7, 11) is 0. The fourth-order valence-corrected chi connectivity index (χ4v) is 3.06. The molecule has 0 fully saturated rings. The number of hydrogen-bond acceptors (Lipinski definition) is 2. The highest BCUT2D eigenvalue weighted by atomic mass is 79.9. The Bertz CT molecular complexity index is 473. The first kappa shape index (κ1) is 11.8. The summed E-state index contributed by atoms with van der Waals surface area (Å²) in [4.78, 5) is 2.28. The molecule has 1 aromatic heterocycles. The summed E-state index contributed by atoms with van der Waals surface area (Å²) in [6, 6.07) is 8.16. The molecule has 2 aromatic rings. The maximum Gasteiger partial charge on any atom is 0.123 e. The van der Waals surface area contributed by atoms with E-state index < -0.39 is 0 Å². The normalized spacial score (nSPS) is 12.8. The molecule has 1 atom stereocenters. The maximum atomic E-state index is 12.8. The van der Waals surface area contributed by atoms with Crippen molar-refractivity contribution in [1.29, 1.82) is 0 Å². The Morgan fingerprint density at radius 1 is 1.31 bits per heavy atom. The molecule has 0 aliphatic rings. The van der Waals surface area contributed by atoms with E-state index in [9.17, 15) is 4.39 Å². The molecule has 0 aliphatic heterocycles. The second-order valence-electron chi connectivity index (χ2n) is 3.58. The van der Waals surface area contributed by atoms with Crippen LogP contribution in [0.3, 0.4) is 0 Å². The van der Waals surface area contributed by atoms with Crippen LogP contribution in [0, 0.1) is 12.7 Å². The van der Waals surface area contributed by atoms with Crippen LogP contribution in [0.15, 0.2) is 34.8 Å². The van der Waals surface area contributed by atoms with Crippen molar-refractivity contribution in [2.75, 3.05) is 0 Å². The van der Waals surface area contributed by atoms with Crippen molar-refractivity contribution in [3.05, 3.63) is 55.9 Å². The molecule has 0 spiro atoms. The largest absolute Gasteiger partial charge is 0.320 e. The van der Waals surface area contributed by atoms with Gasteiger partial charge in [-0.1, -0.05) is 12.1 Å². The molecule has 4 heteroatoms. The quantitative estimate of drug-likeness (QED) is 0.891. The Balaban J connectivity index is 2.31. The van der Waals surface area contributed by atoms with Gasteiger partial charge in [-0.15, -0.1) is 11.3 Å². The van der Waals surface area contributed by atoms with Gasteiger partial charge in [0.05, 0.1) is 6.04 Å². The second kappa shape index (κ2) is 4.65. The van der Waals surface area contributed by atoms with Crippen LogP contribution in [0.2, 0.25) is 0 Å². The van der Waals surface area contributed by atoms with Crippen LogP contribution in [0.1, 0.15) is 21.4 Å². The molecule has 1 heterocycles. The highest BCUT2D eigenvalue weighted by Crippen LogP contribution is 2.32. The van der Waals surface area contributed by atoms with Gasteiger partial charge in [-0.3, -0.25) is 0 Å². The average Bonchev–Trinajstić information content (AvgIpc) is 2.59. The van der Waals surface area contributed by atoms with Crippen molar-refractivity contribution >= 4 is 27.3 Å². The molecule has 2 N–H and O–H groups in total. The van der Waals surface area contributed by atoms with E-state index in [1.807, 2.05) is 13.0 Å². The van der Waals surface area contributed by atoms with Crippen LogP contribution in [-0.2, 0) is 0 Å². The van der Waals surface area contributed by atoms with Gasteiger partial charge in [0.2, 0.25) is 0 Å². The van der Waals surface area contributed by atoms with Gasteiger partial charge in [-0.05, 0) is 46.6 Å². The minimum atomic E-state index is -0.237. The Morgan fingerprint density at radius 3 is 2.44 bits per heavy atom. The topological polar surface area (TPSA) is 26.0 Å². The molecule has 1 aromatic carbocycles. The zero-order valence-corrected chi connectivity index (χ0v) is 11.1. The molecule has 84 valence electrons. The van der Waals surface area contributed by atoms with Crippen molar-refractivity contribution in [2.24, 2.45) is 5.73 Å². The molecule has 16 heavy (non-hydrogen) atoms. The molecule has 0 bridgehead atoms. The lowest BCUT2D eigenvalue weighted by Gasteiger charge is -2.09. The van der Waals surface area contributed by atoms with Gasteiger partial charge in [-0.25, -0.2) is 4.39 Å². The van der Waals surface area contributed by atoms with E-state index in [2.05, 4.69) is 15.9 Å². The first-order valence-corrected chi connectivity index (χ1v) is 6.46. The summed E-state index contributed by atoms with van der Waals surface area (Å²) >= 11 is 5.12. The number of rotatable bonds is 2. The first-order valence-electron chi connectivity index (χ1n) is 4.85. The lowest BCUT2D eigenvalue weighted by molar-refractivity contribution is 0.626. The van der Waals surface area contributed by atoms with Gasteiger partial charge in [0.25, 0.3) is 0 Å². The smallest absolute Gasteiger partial charge is 0.123 e. The van der Waals surface area contributed by atoms with E-state index in [-0.39, 0.29) is 11.9 Å². The summed E-state index contributed by atoms with van der Waals surface area (Å²) in [6.45, 7) is 2.04. The molecule has 0 saturated heterocycles.